The van der Waals surface area contributed by atoms with Crippen molar-refractivity contribution in [2.45, 2.75) is 31.3 Å². The second kappa shape index (κ2) is 8.79. The monoisotopic (exact) mass is 321 g/mol. The summed E-state index contributed by atoms with van der Waals surface area (Å²) in [6.07, 6.45) is 7.96. The third-order valence-corrected chi connectivity index (χ3v) is 4.80. The van der Waals surface area contributed by atoms with E-state index in [1.54, 1.807) is 11.3 Å². The van der Waals surface area contributed by atoms with Crippen molar-refractivity contribution in [1.82, 2.24) is 15.5 Å². The van der Waals surface area contributed by atoms with Crippen LogP contribution in [-0.2, 0) is 0 Å². The van der Waals surface area contributed by atoms with Crippen molar-refractivity contribution in [1.29, 1.82) is 0 Å². The second-order valence-corrected chi connectivity index (χ2v) is 6.40. The molecule has 0 bridgehead atoms. The largest absolute Gasteiger partial charge is 0.394 e. The number of thiophene rings is 1. The van der Waals surface area contributed by atoms with E-state index < -0.39 is 6.04 Å². The Morgan fingerprint density at radius 1 is 1.50 bits per heavy atom. The van der Waals surface area contributed by atoms with E-state index in [9.17, 15) is 4.79 Å². The molecular formula is C16H23N3O2S. The Morgan fingerprint density at radius 3 is 2.86 bits per heavy atom. The fourth-order valence-corrected chi connectivity index (χ4v) is 3.53. The molecule has 2 atom stereocenters. The van der Waals surface area contributed by atoms with Crippen LogP contribution in [-0.4, -0.2) is 48.3 Å². The van der Waals surface area contributed by atoms with E-state index in [-0.39, 0.29) is 18.7 Å². The summed E-state index contributed by atoms with van der Waals surface area (Å²) in [7, 11) is 0. The molecule has 0 aromatic carbocycles. The van der Waals surface area contributed by atoms with Gasteiger partial charge in [0.2, 0.25) is 0 Å². The Morgan fingerprint density at radius 2 is 2.27 bits per heavy atom. The van der Waals surface area contributed by atoms with Crippen LogP contribution >= 0.6 is 11.3 Å². The van der Waals surface area contributed by atoms with Gasteiger partial charge in [0, 0.05) is 17.8 Å². The van der Waals surface area contributed by atoms with Gasteiger partial charge >= 0.3 is 6.03 Å². The first-order chi connectivity index (χ1) is 10.7. The molecule has 1 saturated heterocycles. The second-order valence-electron chi connectivity index (χ2n) is 5.42. The zero-order valence-electron chi connectivity index (χ0n) is 12.6. The number of aliphatic hydroxyl groups is 1. The number of amides is 2. The highest BCUT2D eigenvalue weighted by Gasteiger charge is 2.24. The summed E-state index contributed by atoms with van der Waals surface area (Å²) in [5, 5.41) is 16.8. The van der Waals surface area contributed by atoms with Gasteiger partial charge in [-0.2, -0.15) is 0 Å². The highest BCUT2D eigenvalue weighted by atomic mass is 32.1. The average molecular weight is 321 g/mol. The smallest absolute Gasteiger partial charge is 0.315 e. The number of carbonyl (C=O) groups is 1. The van der Waals surface area contributed by atoms with Crippen LogP contribution in [0.3, 0.4) is 0 Å². The van der Waals surface area contributed by atoms with Gasteiger partial charge in [0.15, 0.2) is 0 Å². The van der Waals surface area contributed by atoms with E-state index in [0.717, 1.165) is 13.1 Å². The maximum absolute atomic E-state index is 12.0. The summed E-state index contributed by atoms with van der Waals surface area (Å²) < 4.78 is 0. The third-order valence-electron chi connectivity index (χ3n) is 3.83. The number of aliphatic hydroxyl groups excluding tert-OH is 1. The Balaban J connectivity index is 1.88. The number of nitrogens with one attached hydrogen (secondary N) is 2. The Bertz CT molecular complexity index is 492. The first-order valence-electron chi connectivity index (χ1n) is 7.60. The number of carbonyl (C=O) groups excluding carboxylic acids is 1. The number of likely N-dealkylation sites (tertiary alicyclic amines) is 1. The maximum Gasteiger partial charge on any atom is 0.315 e. The molecule has 6 heteroatoms. The minimum Gasteiger partial charge on any atom is -0.394 e. The highest BCUT2D eigenvalue weighted by Crippen LogP contribution is 2.27. The predicted molar refractivity (Wildman–Crippen MR) is 88.7 cm³/mol. The van der Waals surface area contributed by atoms with Gasteiger partial charge in [0.1, 0.15) is 0 Å². The van der Waals surface area contributed by atoms with Gasteiger partial charge in [-0.25, -0.2) is 4.79 Å². The van der Waals surface area contributed by atoms with E-state index in [4.69, 9.17) is 11.5 Å². The fourth-order valence-electron chi connectivity index (χ4n) is 2.67. The molecule has 5 nitrogen and oxygen atoms in total. The van der Waals surface area contributed by atoms with Crippen LogP contribution in [0.5, 0.6) is 0 Å². The molecule has 1 aromatic heterocycles. The average Bonchev–Trinajstić information content (AvgIpc) is 3.20. The van der Waals surface area contributed by atoms with Gasteiger partial charge in [-0.05, 0) is 37.4 Å². The number of terminal acetylenes is 1. The lowest BCUT2D eigenvalue weighted by molar-refractivity contribution is 0.207. The number of hydrogen-bond donors (Lipinski definition) is 3. The Labute approximate surface area is 135 Å². The van der Waals surface area contributed by atoms with Crippen LogP contribution < -0.4 is 10.6 Å². The van der Waals surface area contributed by atoms with Crippen LogP contribution in [0.2, 0.25) is 0 Å². The number of nitrogens with zero attached hydrogens (tertiary/aromatic N) is 1. The molecule has 0 aliphatic carbocycles. The molecule has 0 spiro atoms. The molecule has 1 aliphatic heterocycles. The quantitative estimate of drug-likeness (QED) is 0.668. The lowest BCUT2D eigenvalue weighted by atomic mass is 10.2. The summed E-state index contributed by atoms with van der Waals surface area (Å²) in [6.45, 7) is 2.54. The number of hydrogen-bond acceptors (Lipinski definition) is 4. The standard InChI is InChI=1S/C16H23N3O2S/c1-2-6-13(12-20)18-16(21)17-11-14(15-7-5-10-22-15)19-8-3-4-9-19/h1,5,7,10,13-14,20H,3-4,6,8-9,11-12H2,(H2,17,18,21). The molecule has 1 aromatic rings. The molecule has 0 saturated carbocycles. The van der Waals surface area contributed by atoms with Gasteiger partial charge in [-0.15, -0.1) is 23.7 Å². The molecule has 1 aliphatic rings. The summed E-state index contributed by atoms with van der Waals surface area (Å²) in [5.41, 5.74) is 0. The molecule has 22 heavy (non-hydrogen) atoms. The summed E-state index contributed by atoms with van der Waals surface area (Å²) in [4.78, 5) is 15.6. The van der Waals surface area contributed by atoms with Gasteiger partial charge in [-0.3, -0.25) is 4.90 Å². The molecule has 2 heterocycles. The van der Waals surface area contributed by atoms with Crippen molar-refractivity contribution in [3.05, 3.63) is 22.4 Å². The lowest BCUT2D eigenvalue weighted by Crippen LogP contribution is -2.46. The first-order valence-corrected chi connectivity index (χ1v) is 8.48. The highest BCUT2D eigenvalue weighted by molar-refractivity contribution is 7.10. The predicted octanol–water partition coefficient (Wildman–Crippen LogP) is 1.57. The Kier molecular flexibility index (Phi) is 6.72. The zero-order chi connectivity index (χ0) is 15.8. The Hall–Kier alpha value is -1.55. The summed E-state index contributed by atoms with van der Waals surface area (Å²) in [6, 6.07) is 3.69. The third kappa shape index (κ3) is 4.73. The van der Waals surface area contributed by atoms with E-state index >= 15 is 0 Å². The SMILES string of the molecule is C#CCC(CO)NC(=O)NCC(c1cccs1)N1CCCC1. The zero-order valence-corrected chi connectivity index (χ0v) is 13.4. The van der Waals surface area contributed by atoms with Crippen LogP contribution in [0.1, 0.15) is 30.2 Å². The van der Waals surface area contributed by atoms with Crippen molar-refractivity contribution in [3.63, 3.8) is 0 Å². The van der Waals surface area contributed by atoms with Gasteiger partial charge in [0.05, 0.1) is 18.7 Å². The molecule has 2 rings (SSSR count). The molecule has 120 valence electrons. The number of rotatable bonds is 7. The van der Waals surface area contributed by atoms with Gasteiger partial charge < -0.3 is 15.7 Å². The molecule has 1 fully saturated rings. The molecule has 0 radical (unpaired) electrons. The molecular weight excluding hydrogens is 298 g/mol. The topological polar surface area (TPSA) is 64.6 Å². The first kappa shape index (κ1) is 16.8. The van der Waals surface area contributed by atoms with Crippen molar-refractivity contribution < 1.29 is 9.90 Å². The normalized spacial score (nSPS) is 17.6. The van der Waals surface area contributed by atoms with E-state index in [1.807, 2.05) is 6.07 Å². The van der Waals surface area contributed by atoms with Gasteiger partial charge in [-0.1, -0.05) is 6.07 Å². The van der Waals surface area contributed by atoms with Crippen molar-refractivity contribution in [2.24, 2.45) is 0 Å². The lowest BCUT2D eigenvalue weighted by Gasteiger charge is -2.27. The molecule has 3 N–H and O–H groups in total. The van der Waals surface area contributed by atoms with Crippen LogP contribution in [0.4, 0.5) is 4.79 Å². The minimum absolute atomic E-state index is 0.155. The molecule has 2 unspecified atom stereocenters. The van der Waals surface area contributed by atoms with E-state index in [1.165, 1.54) is 17.7 Å². The van der Waals surface area contributed by atoms with E-state index in [0.29, 0.717) is 13.0 Å². The van der Waals surface area contributed by atoms with Crippen LogP contribution in [0.15, 0.2) is 17.5 Å². The van der Waals surface area contributed by atoms with Crippen molar-refractivity contribution in [3.8, 4) is 12.3 Å². The molecule has 2 amide bonds. The summed E-state index contributed by atoms with van der Waals surface area (Å²) >= 11 is 1.72. The van der Waals surface area contributed by atoms with Crippen molar-refractivity contribution in [2.75, 3.05) is 26.2 Å². The van der Waals surface area contributed by atoms with Crippen molar-refractivity contribution >= 4 is 17.4 Å². The van der Waals surface area contributed by atoms with Crippen LogP contribution in [0.25, 0.3) is 0 Å². The van der Waals surface area contributed by atoms with Gasteiger partial charge in [0.25, 0.3) is 0 Å². The number of urea groups is 1. The van der Waals surface area contributed by atoms with Crippen LogP contribution in [0, 0.1) is 12.3 Å². The maximum atomic E-state index is 12.0. The minimum atomic E-state index is -0.392. The van der Waals surface area contributed by atoms with E-state index in [2.05, 4.69) is 32.9 Å². The summed E-state index contributed by atoms with van der Waals surface area (Å²) in [5.74, 6) is 2.45. The fraction of sp³-hybridized carbons (Fsp3) is 0.562.